The second-order valence-corrected chi connectivity index (χ2v) is 10.6. The Hall–Kier alpha value is -1.88. The van der Waals surface area contributed by atoms with Crippen molar-refractivity contribution in [2.45, 2.75) is 13.0 Å². The number of ether oxygens (including phenoxy) is 1. The van der Waals surface area contributed by atoms with Crippen molar-refractivity contribution < 1.29 is 22.3 Å². The Morgan fingerprint density at radius 1 is 0.657 bits per heavy atom. The molecular weight excluding hydrogens is 528 g/mol. The molecule has 0 radical (unpaired) electrons. The Labute approximate surface area is 210 Å². The molecule has 0 saturated heterocycles. The molecule has 35 heavy (non-hydrogen) atoms. The van der Waals surface area contributed by atoms with E-state index in [0.717, 1.165) is 34.1 Å². The van der Waals surface area contributed by atoms with E-state index < -0.39 is 23.3 Å². The van der Waals surface area contributed by atoms with E-state index in [0.29, 0.717) is 21.5 Å². The van der Waals surface area contributed by atoms with Gasteiger partial charge in [0, 0.05) is 0 Å². The first-order chi connectivity index (χ1) is 16.5. The normalized spacial score (nSPS) is 11.6. The fraction of sp³-hybridized carbons (Fsp3) is 0.0769. The fourth-order valence-corrected chi connectivity index (χ4v) is 5.12. The van der Waals surface area contributed by atoms with E-state index in [2.05, 4.69) is 37.0 Å². The van der Waals surface area contributed by atoms with E-state index in [1.54, 1.807) is 6.07 Å². The maximum atomic E-state index is 14.9. The SMILES string of the molecule is Cc1ccc(-c2ccc(-c3cc(F)c(C(F)(F)Oc4cc(P)c(P)c(P)c4)c(F)c3)c(P)c2)cc1. The zero-order valence-electron chi connectivity index (χ0n) is 18.6. The van der Waals surface area contributed by atoms with Gasteiger partial charge in [-0.1, -0.05) is 42.0 Å². The van der Waals surface area contributed by atoms with Crippen LogP contribution in [0.5, 0.6) is 5.75 Å². The summed E-state index contributed by atoms with van der Waals surface area (Å²) in [7, 11) is 9.82. The van der Waals surface area contributed by atoms with Gasteiger partial charge < -0.3 is 4.74 Å². The Morgan fingerprint density at radius 2 is 1.20 bits per heavy atom. The fourth-order valence-electron chi connectivity index (χ4n) is 3.69. The highest BCUT2D eigenvalue weighted by Crippen LogP contribution is 2.37. The third kappa shape index (κ3) is 5.60. The Kier molecular flexibility index (Phi) is 7.66. The molecule has 4 unspecified atom stereocenters. The van der Waals surface area contributed by atoms with Crippen molar-refractivity contribution >= 4 is 58.2 Å². The minimum Gasteiger partial charge on any atom is -0.429 e. The molecule has 0 aliphatic carbocycles. The topological polar surface area (TPSA) is 9.23 Å². The Bertz CT molecular complexity index is 1380. The van der Waals surface area contributed by atoms with Crippen LogP contribution in [0.3, 0.4) is 0 Å². The third-order valence-electron chi connectivity index (χ3n) is 5.54. The molecule has 0 heterocycles. The van der Waals surface area contributed by atoms with E-state index >= 15 is 0 Å². The van der Waals surface area contributed by atoms with Crippen LogP contribution in [-0.4, -0.2) is 0 Å². The molecule has 4 rings (SSSR count). The maximum absolute atomic E-state index is 14.9. The smallest absolute Gasteiger partial charge is 0.429 e. The molecule has 0 bridgehead atoms. The Balaban J connectivity index is 1.67. The van der Waals surface area contributed by atoms with Crippen molar-refractivity contribution in [1.82, 2.24) is 0 Å². The van der Waals surface area contributed by atoms with Crippen LogP contribution in [0.25, 0.3) is 22.3 Å². The van der Waals surface area contributed by atoms with Crippen LogP contribution in [0.1, 0.15) is 11.1 Å². The lowest BCUT2D eigenvalue weighted by Crippen LogP contribution is -2.28. The van der Waals surface area contributed by atoms with E-state index in [4.69, 9.17) is 4.74 Å². The molecule has 0 spiro atoms. The number of aryl methyl sites for hydroxylation is 1. The summed E-state index contributed by atoms with van der Waals surface area (Å²) in [6.45, 7) is 2.00. The summed E-state index contributed by atoms with van der Waals surface area (Å²) in [5.41, 5.74) is 2.27. The minimum absolute atomic E-state index is 0.145. The van der Waals surface area contributed by atoms with Gasteiger partial charge in [-0.3, -0.25) is 0 Å². The van der Waals surface area contributed by atoms with Crippen LogP contribution in [-0.2, 0) is 6.11 Å². The number of halogens is 4. The van der Waals surface area contributed by atoms with Crippen molar-refractivity contribution in [1.29, 1.82) is 0 Å². The predicted octanol–water partition coefficient (Wildman–Crippen LogP) is 5.74. The molecule has 0 N–H and O–H groups in total. The summed E-state index contributed by atoms with van der Waals surface area (Å²) in [6, 6.07) is 17.9. The Morgan fingerprint density at radius 3 is 1.74 bits per heavy atom. The molecule has 0 aliphatic heterocycles. The van der Waals surface area contributed by atoms with Gasteiger partial charge in [0.05, 0.1) is 0 Å². The van der Waals surface area contributed by atoms with Crippen LogP contribution >= 0.6 is 37.0 Å². The summed E-state index contributed by atoms with van der Waals surface area (Å²) in [5, 5.41) is 2.66. The van der Waals surface area contributed by atoms with Gasteiger partial charge in [-0.15, -0.1) is 37.0 Å². The molecule has 0 amide bonds. The van der Waals surface area contributed by atoms with Gasteiger partial charge in [-0.25, -0.2) is 8.78 Å². The van der Waals surface area contributed by atoms with Gasteiger partial charge in [0.25, 0.3) is 0 Å². The number of alkyl halides is 2. The molecular formula is C26H22F4OP4. The summed E-state index contributed by atoms with van der Waals surface area (Å²) in [4.78, 5) is 0. The van der Waals surface area contributed by atoms with Crippen molar-refractivity contribution in [3.8, 4) is 28.0 Å². The quantitative estimate of drug-likeness (QED) is 0.228. The van der Waals surface area contributed by atoms with E-state index in [1.165, 1.54) is 12.1 Å². The van der Waals surface area contributed by atoms with Crippen LogP contribution < -0.4 is 26.0 Å². The van der Waals surface area contributed by atoms with Crippen molar-refractivity contribution in [2.75, 3.05) is 0 Å². The van der Waals surface area contributed by atoms with Crippen molar-refractivity contribution in [3.63, 3.8) is 0 Å². The molecule has 0 aromatic heterocycles. The number of benzene rings is 4. The summed E-state index contributed by atoms with van der Waals surface area (Å²) in [6.07, 6.45) is -4.22. The highest BCUT2D eigenvalue weighted by molar-refractivity contribution is 7.40. The number of hydrogen-bond acceptors (Lipinski definition) is 1. The second kappa shape index (κ2) is 10.2. The average Bonchev–Trinajstić information content (AvgIpc) is 2.76. The lowest BCUT2D eigenvalue weighted by Gasteiger charge is -2.21. The van der Waals surface area contributed by atoms with Gasteiger partial charge in [-0.2, -0.15) is 8.78 Å². The molecule has 4 aromatic carbocycles. The first-order valence-corrected chi connectivity index (χ1v) is 12.7. The van der Waals surface area contributed by atoms with Crippen LogP contribution in [0.2, 0.25) is 0 Å². The first kappa shape index (κ1) is 26.2. The average molecular weight is 550 g/mol. The van der Waals surface area contributed by atoms with E-state index in [9.17, 15) is 17.6 Å². The molecule has 9 heteroatoms. The van der Waals surface area contributed by atoms with Crippen LogP contribution in [0.15, 0.2) is 66.7 Å². The summed E-state index contributed by atoms with van der Waals surface area (Å²) in [5.74, 6) is -2.99. The predicted molar refractivity (Wildman–Crippen MR) is 150 cm³/mol. The highest BCUT2D eigenvalue weighted by Gasteiger charge is 2.41. The van der Waals surface area contributed by atoms with Gasteiger partial charge >= 0.3 is 6.11 Å². The summed E-state index contributed by atoms with van der Waals surface area (Å²) < 4.78 is 64.4. The molecule has 0 aliphatic rings. The molecule has 1 nitrogen and oxygen atoms in total. The van der Waals surface area contributed by atoms with E-state index in [1.807, 2.05) is 43.3 Å². The van der Waals surface area contributed by atoms with Gasteiger partial charge in [0.15, 0.2) is 0 Å². The largest absolute Gasteiger partial charge is 0.432 e. The third-order valence-corrected chi connectivity index (χ3v) is 8.31. The zero-order valence-corrected chi connectivity index (χ0v) is 23.2. The molecule has 4 atom stereocenters. The lowest BCUT2D eigenvalue weighted by molar-refractivity contribution is -0.189. The minimum atomic E-state index is -4.22. The standard InChI is InChI=1S/C26H22F4OP4/c1-13-2-4-14(5-3-13)15-6-7-18(21(32)10-15)16-8-19(27)24(20(28)9-16)26(29,30)31-17-11-22(33)25(35)23(34)12-17/h2-12H,32-35H2,1H3. The van der Waals surface area contributed by atoms with Gasteiger partial charge in [0.1, 0.15) is 22.9 Å². The number of rotatable bonds is 5. The number of hydrogen-bond donors (Lipinski definition) is 0. The lowest BCUT2D eigenvalue weighted by atomic mass is 9.98. The summed E-state index contributed by atoms with van der Waals surface area (Å²) >= 11 is 0. The van der Waals surface area contributed by atoms with E-state index in [-0.39, 0.29) is 11.3 Å². The maximum Gasteiger partial charge on any atom is 0.432 e. The van der Waals surface area contributed by atoms with Gasteiger partial charge in [0.2, 0.25) is 0 Å². The van der Waals surface area contributed by atoms with Crippen LogP contribution in [0, 0.1) is 18.6 Å². The van der Waals surface area contributed by atoms with Crippen molar-refractivity contribution in [3.05, 3.63) is 89.5 Å². The van der Waals surface area contributed by atoms with Crippen molar-refractivity contribution in [2.24, 2.45) is 0 Å². The first-order valence-electron chi connectivity index (χ1n) is 10.4. The molecule has 4 aromatic rings. The zero-order chi connectivity index (χ0) is 25.5. The highest BCUT2D eigenvalue weighted by atomic mass is 31.0. The second-order valence-electron chi connectivity index (χ2n) is 8.12. The monoisotopic (exact) mass is 550 g/mol. The molecule has 0 fully saturated rings. The molecule has 180 valence electrons. The van der Waals surface area contributed by atoms with Crippen LogP contribution in [0.4, 0.5) is 17.6 Å². The molecule has 0 saturated carbocycles. The van der Waals surface area contributed by atoms with Gasteiger partial charge in [-0.05, 0) is 80.7 Å².